The average Bonchev–Trinajstić information content (AvgIpc) is 2.75. The largest absolute Gasteiger partial charge is 0.381 e. The van der Waals surface area contributed by atoms with E-state index < -0.39 is 0 Å². The first-order valence-corrected chi connectivity index (χ1v) is 8.23. The van der Waals surface area contributed by atoms with Crippen molar-refractivity contribution in [3.63, 3.8) is 0 Å². The summed E-state index contributed by atoms with van der Waals surface area (Å²) in [6, 6.07) is -0.00912. The van der Waals surface area contributed by atoms with Crippen LogP contribution in [0.4, 0.5) is 0 Å². The molecule has 1 amide bonds. The number of hydrogen-bond donors (Lipinski definition) is 2. The molecular weight excluding hydrogens is 252 g/mol. The first-order chi connectivity index (χ1) is 9.64. The maximum absolute atomic E-state index is 12.2. The minimum atomic E-state index is -0.00912. The van der Waals surface area contributed by atoms with Gasteiger partial charge in [0.05, 0.1) is 6.04 Å². The highest BCUT2D eigenvalue weighted by Crippen LogP contribution is 2.39. The van der Waals surface area contributed by atoms with Crippen molar-refractivity contribution in [2.75, 3.05) is 26.3 Å². The van der Waals surface area contributed by atoms with Crippen LogP contribution in [0.15, 0.2) is 0 Å². The molecule has 2 saturated heterocycles. The van der Waals surface area contributed by atoms with Crippen molar-refractivity contribution >= 4 is 5.91 Å². The van der Waals surface area contributed by atoms with E-state index in [0.717, 1.165) is 39.1 Å². The average molecular weight is 280 g/mol. The lowest BCUT2D eigenvalue weighted by Crippen LogP contribution is -2.52. The zero-order valence-corrected chi connectivity index (χ0v) is 12.7. The van der Waals surface area contributed by atoms with Crippen LogP contribution >= 0.6 is 0 Å². The summed E-state index contributed by atoms with van der Waals surface area (Å²) >= 11 is 0. The molecule has 1 spiro atoms. The molecule has 20 heavy (non-hydrogen) atoms. The van der Waals surface area contributed by atoms with Gasteiger partial charge in [0, 0.05) is 31.7 Å². The van der Waals surface area contributed by atoms with Crippen molar-refractivity contribution in [3.8, 4) is 0 Å². The molecule has 4 heteroatoms. The molecule has 3 fully saturated rings. The van der Waals surface area contributed by atoms with Crippen molar-refractivity contribution < 1.29 is 9.53 Å². The zero-order chi connectivity index (χ0) is 14.1. The van der Waals surface area contributed by atoms with Crippen LogP contribution in [-0.4, -0.2) is 38.3 Å². The molecule has 114 valence electrons. The topological polar surface area (TPSA) is 50.4 Å². The van der Waals surface area contributed by atoms with E-state index in [4.69, 9.17) is 4.74 Å². The van der Waals surface area contributed by atoms with Crippen molar-refractivity contribution in [2.24, 2.45) is 10.8 Å². The Morgan fingerprint density at radius 1 is 1.20 bits per heavy atom. The minimum absolute atomic E-state index is 0.00912. The summed E-state index contributed by atoms with van der Waals surface area (Å²) in [5.41, 5.74) is 0.480. The molecule has 1 atom stereocenters. The van der Waals surface area contributed by atoms with Gasteiger partial charge in [0.2, 0.25) is 5.91 Å². The van der Waals surface area contributed by atoms with Crippen molar-refractivity contribution in [3.05, 3.63) is 0 Å². The summed E-state index contributed by atoms with van der Waals surface area (Å²) in [6.45, 7) is 5.77. The van der Waals surface area contributed by atoms with Crippen molar-refractivity contribution in [2.45, 2.75) is 57.9 Å². The van der Waals surface area contributed by atoms with E-state index in [9.17, 15) is 4.79 Å². The molecule has 1 saturated carbocycles. The molecule has 0 aromatic carbocycles. The lowest BCUT2D eigenvalue weighted by molar-refractivity contribution is -0.122. The number of carbonyl (C=O) groups excluding carboxylic acids is 1. The highest BCUT2D eigenvalue weighted by Gasteiger charge is 2.49. The van der Waals surface area contributed by atoms with Gasteiger partial charge in [0.25, 0.3) is 0 Å². The molecule has 2 N–H and O–H groups in total. The van der Waals surface area contributed by atoms with Crippen molar-refractivity contribution in [1.82, 2.24) is 10.6 Å². The van der Waals surface area contributed by atoms with E-state index in [1.54, 1.807) is 0 Å². The fourth-order valence-corrected chi connectivity index (χ4v) is 4.23. The van der Waals surface area contributed by atoms with Gasteiger partial charge in [-0.25, -0.2) is 0 Å². The predicted octanol–water partition coefficient (Wildman–Crippen LogP) is 1.84. The standard InChI is InChI=1S/C16H28N2O2/c1-15(5-3-2-4-6-15)11-17-13-14(19)18-12-16(13)7-9-20-10-8-16/h13,17H,2-12H2,1H3,(H,18,19). The Morgan fingerprint density at radius 2 is 1.90 bits per heavy atom. The van der Waals surface area contributed by atoms with Crippen LogP contribution in [0, 0.1) is 10.8 Å². The van der Waals surface area contributed by atoms with Crippen LogP contribution in [0.5, 0.6) is 0 Å². The Kier molecular flexibility index (Phi) is 4.04. The van der Waals surface area contributed by atoms with Crippen LogP contribution in [0.25, 0.3) is 0 Å². The summed E-state index contributed by atoms with van der Waals surface area (Å²) in [5.74, 6) is 0.200. The molecule has 0 aromatic heterocycles. The fraction of sp³-hybridized carbons (Fsp3) is 0.938. The number of hydrogen-bond acceptors (Lipinski definition) is 3. The van der Waals surface area contributed by atoms with E-state index in [0.29, 0.717) is 5.41 Å². The molecular formula is C16H28N2O2. The molecule has 0 bridgehead atoms. The molecule has 1 aliphatic carbocycles. The molecule has 2 aliphatic heterocycles. The Hall–Kier alpha value is -0.610. The zero-order valence-electron chi connectivity index (χ0n) is 12.7. The SMILES string of the molecule is CC1(CNC2C(=O)NCC23CCOCC3)CCCCC1. The highest BCUT2D eigenvalue weighted by atomic mass is 16.5. The van der Waals surface area contributed by atoms with Gasteiger partial charge in [-0.1, -0.05) is 26.2 Å². The van der Waals surface area contributed by atoms with Crippen LogP contribution in [0.3, 0.4) is 0 Å². The van der Waals surface area contributed by atoms with Crippen LogP contribution < -0.4 is 10.6 Å². The smallest absolute Gasteiger partial charge is 0.237 e. The molecule has 2 heterocycles. The Bertz CT molecular complexity index is 357. The Morgan fingerprint density at radius 3 is 2.60 bits per heavy atom. The van der Waals surface area contributed by atoms with E-state index >= 15 is 0 Å². The second-order valence-corrected chi connectivity index (χ2v) is 7.38. The van der Waals surface area contributed by atoms with Crippen molar-refractivity contribution in [1.29, 1.82) is 0 Å². The molecule has 4 nitrogen and oxygen atoms in total. The van der Waals surface area contributed by atoms with Gasteiger partial charge >= 0.3 is 0 Å². The maximum Gasteiger partial charge on any atom is 0.237 e. The Balaban J connectivity index is 1.63. The van der Waals surface area contributed by atoms with Crippen LogP contribution in [-0.2, 0) is 9.53 Å². The maximum atomic E-state index is 12.2. The summed E-state index contributed by atoms with van der Waals surface area (Å²) in [4.78, 5) is 12.2. The number of amides is 1. The van der Waals surface area contributed by atoms with E-state index in [-0.39, 0.29) is 17.4 Å². The second kappa shape index (κ2) is 5.64. The third-order valence-electron chi connectivity index (χ3n) is 5.77. The van der Waals surface area contributed by atoms with Crippen LogP contribution in [0.1, 0.15) is 51.9 Å². The molecule has 3 aliphatic rings. The van der Waals surface area contributed by atoms with E-state index in [1.165, 1.54) is 32.1 Å². The van der Waals surface area contributed by atoms with Gasteiger partial charge in [0.15, 0.2) is 0 Å². The number of nitrogens with one attached hydrogen (secondary N) is 2. The number of ether oxygens (including phenoxy) is 1. The molecule has 1 unspecified atom stereocenters. The number of rotatable bonds is 3. The van der Waals surface area contributed by atoms with Gasteiger partial charge in [0.1, 0.15) is 0 Å². The number of carbonyl (C=O) groups is 1. The summed E-state index contributed by atoms with van der Waals surface area (Å²) in [7, 11) is 0. The fourth-order valence-electron chi connectivity index (χ4n) is 4.23. The van der Waals surface area contributed by atoms with Gasteiger partial charge in [-0.3, -0.25) is 4.79 Å². The van der Waals surface area contributed by atoms with Gasteiger partial charge in [-0.2, -0.15) is 0 Å². The summed E-state index contributed by atoms with van der Waals surface area (Å²) in [5, 5.41) is 6.71. The predicted molar refractivity (Wildman–Crippen MR) is 78.5 cm³/mol. The third-order valence-corrected chi connectivity index (χ3v) is 5.77. The van der Waals surface area contributed by atoms with Gasteiger partial charge in [-0.15, -0.1) is 0 Å². The van der Waals surface area contributed by atoms with E-state index in [1.807, 2.05) is 0 Å². The first-order valence-electron chi connectivity index (χ1n) is 8.23. The van der Waals surface area contributed by atoms with E-state index in [2.05, 4.69) is 17.6 Å². The van der Waals surface area contributed by atoms with Gasteiger partial charge in [-0.05, 0) is 31.1 Å². The summed E-state index contributed by atoms with van der Waals surface area (Å²) < 4.78 is 5.49. The third kappa shape index (κ3) is 2.73. The quantitative estimate of drug-likeness (QED) is 0.829. The normalized spacial score (nSPS) is 32.2. The second-order valence-electron chi connectivity index (χ2n) is 7.38. The monoisotopic (exact) mass is 280 g/mol. The molecule has 0 radical (unpaired) electrons. The summed E-state index contributed by atoms with van der Waals surface area (Å²) in [6.07, 6.45) is 8.65. The first kappa shape index (κ1) is 14.3. The van der Waals surface area contributed by atoms with Gasteiger partial charge < -0.3 is 15.4 Å². The van der Waals surface area contributed by atoms with Crippen LogP contribution in [0.2, 0.25) is 0 Å². The highest BCUT2D eigenvalue weighted by molar-refractivity contribution is 5.85. The lowest BCUT2D eigenvalue weighted by atomic mass is 9.73. The molecule has 3 rings (SSSR count). The lowest BCUT2D eigenvalue weighted by Gasteiger charge is -2.40. The molecule has 0 aromatic rings. The minimum Gasteiger partial charge on any atom is -0.381 e. The Labute approximate surface area is 122 Å².